The molecule has 0 aromatic heterocycles. The molecule has 0 aromatic rings. The number of ketones is 1. The first-order valence-electron chi connectivity index (χ1n) is 7.69. The van der Waals surface area contributed by atoms with Crippen molar-refractivity contribution < 1.29 is 23.9 Å². The second kappa shape index (κ2) is 10.7. The molecule has 23 heavy (non-hydrogen) atoms. The highest BCUT2D eigenvalue weighted by atomic mass is 16.6. The smallest absolute Gasteiger partial charge is 0.407 e. The van der Waals surface area contributed by atoms with Crippen LogP contribution in [-0.2, 0) is 19.1 Å². The number of unbranched alkanes of at least 4 members (excludes halogenated alkanes) is 1. The van der Waals surface area contributed by atoms with Gasteiger partial charge in [-0.25, -0.2) is 4.79 Å². The fourth-order valence-electron chi connectivity index (χ4n) is 1.90. The molecule has 0 rings (SSSR count). The number of rotatable bonds is 9. The number of terminal acetylenes is 1. The fraction of sp³-hybridized carbons (Fsp3) is 0.706. The van der Waals surface area contributed by atoms with E-state index < -0.39 is 23.6 Å². The summed E-state index contributed by atoms with van der Waals surface area (Å²) in [5.74, 6) is 1.40. The van der Waals surface area contributed by atoms with Crippen molar-refractivity contribution in [3.05, 3.63) is 0 Å². The van der Waals surface area contributed by atoms with Crippen molar-refractivity contribution in [2.75, 3.05) is 13.7 Å². The summed E-state index contributed by atoms with van der Waals surface area (Å²) in [6.45, 7) is 5.52. The summed E-state index contributed by atoms with van der Waals surface area (Å²) in [5, 5.41) is 2.57. The molecular formula is C17H27NO5. The van der Waals surface area contributed by atoms with E-state index in [1.807, 2.05) is 0 Å². The number of ether oxygens (including phenoxy) is 2. The van der Waals surface area contributed by atoms with Crippen LogP contribution in [0.4, 0.5) is 4.79 Å². The van der Waals surface area contributed by atoms with Gasteiger partial charge in [0.05, 0.1) is 13.0 Å². The Bertz CT molecular complexity index is 445. The third-order valence-electron chi connectivity index (χ3n) is 2.95. The van der Waals surface area contributed by atoms with E-state index in [2.05, 4.69) is 11.2 Å². The molecule has 0 unspecified atom stereocenters. The number of alkyl carbamates (subject to hydrolysis) is 1. The standard InChI is InChI=1S/C17H27NO5/c1-6-7-8-9-14(19)12-13(15(20)22-5)10-11-18-16(21)23-17(2,3)4/h1,13H,7-12H2,2-5H3,(H,18,21)/t13-/m1/s1. The van der Waals surface area contributed by atoms with Crippen molar-refractivity contribution in [3.63, 3.8) is 0 Å². The van der Waals surface area contributed by atoms with Crippen LogP contribution >= 0.6 is 0 Å². The highest BCUT2D eigenvalue weighted by molar-refractivity contribution is 5.84. The Morgan fingerprint density at radius 3 is 2.43 bits per heavy atom. The van der Waals surface area contributed by atoms with Gasteiger partial charge in [0, 0.05) is 25.8 Å². The summed E-state index contributed by atoms with van der Waals surface area (Å²) in [7, 11) is 1.28. The van der Waals surface area contributed by atoms with Crippen LogP contribution in [0.25, 0.3) is 0 Å². The van der Waals surface area contributed by atoms with Gasteiger partial charge < -0.3 is 14.8 Å². The first-order chi connectivity index (χ1) is 10.7. The molecule has 1 amide bonds. The quantitative estimate of drug-likeness (QED) is 0.400. The topological polar surface area (TPSA) is 81.7 Å². The lowest BCUT2D eigenvalue weighted by molar-refractivity contribution is -0.147. The number of nitrogens with one attached hydrogen (secondary N) is 1. The number of esters is 1. The molecule has 1 N–H and O–H groups in total. The lowest BCUT2D eigenvalue weighted by Crippen LogP contribution is -2.34. The first-order valence-corrected chi connectivity index (χ1v) is 7.69. The minimum Gasteiger partial charge on any atom is -0.469 e. The predicted octanol–water partition coefficient (Wildman–Crippen LogP) is 2.45. The molecule has 0 radical (unpaired) electrons. The molecule has 0 aromatic carbocycles. The zero-order chi connectivity index (χ0) is 17.9. The molecule has 0 bridgehead atoms. The SMILES string of the molecule is C#CCCCC(=O)C[C@@H](CCNC(=O)OC(C)(C)C)C(=O)OC. The van der Waals surface area contributed by atoms with E-state index in [1.54, 1.807) is 20.8 Å². The number of hydrogen-bond donors (Lipinski definition) is 1. The first kappa shape index (κ1) is 21.0. The van der Waals surface area contributed by atoms with Crippen LogP contribution in [0.15, 0.2) is 0 Å². The van der Waals surface area contributed by atoms with Crippen LogP contribution in [-0.4, -0.2) is 37.1 Å². The van der Waals surface area contributed by atoms with Crippen LogP contribution < -0.4 is 5.32 Å². The molecule has 0 saturated carbocycles. The van der Waals surface area contributed by atoms with Crippen molar-refractivity contribution in [1.29, 1.82) is 0 Å². The molecule has 0 aliphatic rings. The van der Waals surface area contributed by atoms with E-state index in [1.165, 1.54) is 7.11 Å². The average Bonchev–Trinajstić information content (AvgIpc) is 2.43. The van der Waals surface area contributed by atoms with E-state index in [0.29, 0.717) is 25.7 Å². The van der Waals surface area contributed by atoms with Crippen molar-refractivity contribution in [3.8, 4) is 12.3 Å². The number of amides is 1. The second-order valence-electron chi connectivity index (χ2n) is 6.24. The third kappa shape index (κ3) is 11.2. The fourth-order valence-corrected chi connectivity index (χ4v) is 1.90. The van der Waals surface area contributed by atoms with E-state index in [9.17, 15) is 14.4 Å². The van der Waals surface area contributed by atoms with Crippen LogP contribution in [0.5, 0.6) is 0 Å². The van der Waals surface area contributed by atoms with Gasteiger partial charge in [0.15, 0.2) is 0 Å². The van der Waals surface area contributed by atoms with E-state index in [4.69, 9.17) is 15.9 Å². The van der Waals surface area contributed by atoms with Gasteiger partial charge in [-0.3, -0.25) is 9.59 Å². The van der Waals surface area contributed by atoms with Crippen LogP contribution in [0.2, 0.25) is 0 Å². The van der Waals surface area contributed by atoms with Gasteiger partial charge in [-0.05, 0) is 33.6 Å². The molecule has 0 aliphatic heterocycles. The summed E-state index contributed by atoms with van der Waals surface area (Å²) < 4.78 is 9.81. The summed E-state index contributed by atoms with van der Waals surface area (Å²) in [6, 6.07) is 0. The van der Waals surface area contributed by atoms with Crippen molar-refractivity contribution in [1.82, 2.24) is 5.32 Å². The average molecular weight is 325 g/mol. The zero-order valence-corrected chi connectivity index (χ0v) is 14.4. The summed E-state index contributed by atoms with van der Waals surface area (Å²) in [5.41, 5.74) is -0.584. The zero-order valence-electron chi connectivity index (χ0n) is 14.4. The molecule has 1 atom stereocenters. The number of carbonyl (C=O) groups is 3. The highest BCUT2D eigenvalue weighted by Gasteiger charge is 2.23. The monoisotopic (exact) mass is 325 g/mol. The van der Waals surface area contributed by atoms with Crippen LogP contribution in [0, 0.1) is 18.3 Å². The lowest BCUT2D eigenvalue weighted by atomic mass is 9.96. The van der Waals surface area contributed by atoms with Crippen molar-refractivity contribution in [2.45, 2.75) is 58.5 Å². The number of Topliss-reactive ketones (excluding diaryl/α,β-unsaturated/α-hetero) is 1. The summed E-state index contributed by atoms with van der Waals surface area (Å²) in [4.78, 5) is 35.1. The van der Waals surface area contributed by atoms with E-state index >= 15 is 0 Å². The van der Waals surface area contributed by atoms with Gasteiger partial charge in [-0.2, -0.15) is 0 Å². The Hall–Kier alpha value is -2.03. The van der Waals surface area contributed by atoms with E-state index in [-0.39, 0.29) is 18.7 Å². The Balaban J connectivity index is 4.31. The molecule has 0 aliphatic carbocycles. The number of hydrogen-bond acceptors (Lipinski definition) is 5. The normalized spacial score (nSPS) is 12.0. The van der Waals surface area contributed by atoms with Gasteiger partial charge in [-0.1, -0.05) is 0 Å². The number of carbonyl (C=O) groups excluding carboxylic acids is 3. The molecule has 6 nitrogen and oxygen atoms in total. The Morgan fingerprint density at radius 2 is 1.91 bits per heavy atom. The molecule has 0 saturated heterocycles. The molecule has 130 valence electrons. The molecule has 0 fully saturated rings. The largest absolute Gasteiger partial charge is 0.469 e. The molecule has 6 heteroatoms. The van der Waals surface area contributed by atoms with Gasteiger partial charge in [-0.15, -0.1) is 12.3 Å². The minimum absolute atomic E-state index is 0.0343. The third-order valence-corrected chi connectivity index (χ3v) is 2.95. The van der Waals surface area contributed by atoms with Gasteiger partial charge in [0.2, 0.25) is 0 Å². The molecule has 0 spiro atoms. The highest BCUT2D eigenvalue weighted by Crippen LogP contribution is 2.14. The van der Waals surface area contributed by atoms with Gasteiger partial charge in [0.25, 0.3) is 0 Å². The Kier molecular flexibility index (Phi) is 9.71. The Morgan fingerprint density at radius 1 is 1.26 bits per heavy atom. The lowest BCUT2D eigenvalue weighted by Gasteiger charge is -2.20. The molecular weight excluding hydrogens is 298 g/mol. The van der Waals surface area contributed by atoms with Crippen LogP contribution in [0.3, 0.4) is 0 Å². The molecule has 0 heterocycles. The predicted molar refractivity (Wildman–Crippen MR) is 86.7 cm³/mol. The number of methoxy groups -OCH3 is 1. The van der Waals surface area contributed by atoms with E-state index in [0.717, 1.165) is 0 Å². The van der Waals surface area contributed by atoms with Crippen LogP contribution in [0.1, 0.15) is 52.9 Å². The Labute approximate surface area is 138 Å². The van der Waals surface area contributed by atoms with Gasteiger partial charge in [0.1, 0.15) is 11.4 Å². The summed E-state index contributed by atoms with van der Waals surface area (Å²) >= 11 is 0. The second-order valence-corrected chi connectivity index (χ2v) is 6.24. The summed E-state index contributed by atoms with van der Waals surface area (Å²) in [6.07, 6.45) is 6.48. The van der Waals surface area contributed by atoms with Crippen molar-refractivity contribution >= 4 is 17.8 Å². The maximum Gasteiger partial charge on any atom is 0.407 e. The maximum absolute atomic E-state index is 11.8. The van der Waals surface area contributed by atoms with Gasteiger partial charge >= 0.3 is 12.1 Å². The minimum atomic E-state index is -0.584. The van der Waals surface area contributed by atoms with Crippen molar-refractivity contribution in [2.24, 2.45) is 5.92 Å². The maximum atomic E-state index is 11.8.